The second-order valence-electron chi connectivity index (χ2n) is 8.85. The molecule has 3 aromatic carbocycles. The monoisotopic (exact) mass is 439 g/mol. The van der Waals surface area contributed by atoms with Gasteiger partial charge < -0.3 is 11.1 Å². The number of carbonyl (C=O) groups is 1. The van der Waals surface area contributed by atoms with Crippen LogP contribution in [0.3, 0.4) is 0 Å². The number of benzene rings is 3. The van der Waals surface area contributed by atoms with Crippen molar-refractivity contribution in [2.45, 2.75) is 19.5 Å². The van der Waals surface area contributed by atoms with Crippen LogP contribution in [0.2, 0.25) is 0 Å². The summed E-state index contributed by atoms with van der Waals surface area (Å²) < 4.78 is 1.80. The minimum atomic E-state index is -0.460. The second kappa shape index (κ2) is 9.57. The molecule has 5 rings (SSSR count). The molecule has 6 heteroatoms. The van der Waals surface area contributed by atoms with Crippen molar-refractivity contribution in [3.63, 3.8) is 0 Å². The topological polar surface area (TPSA) is 76.2 Å². The first-order valence-electron chi connectivity index (χ1n) is 11.5. The van der Waals surface area contributed by atoms with Gasteiger partial charge in [0, 0.05) is 31.2 Å². The minimum Gasteiger partial charge on any atom is -0.366 e. The third kappa shape index (κ3) is 4.97. The van der Waals surface area contributed by atoms with Gasteiger partial charge in [0.1, 0.15) is 5.52 Å². The Hall–Kier alpha value is -3.48. The number of aromatic nitrogens is 2. The first-order valence-corrected chi connectivity index (χ1v) is 11.5. The van der Waals surface area contributed by atoms with Crippen molar-refractivity contribution < 1.29 is 4.79 Å². The molecule has 1 saturated heterocycles. The molecule has 1 aromatic heterocycles. The summed E-state index contributed by atoms with van der Waals surface area (Å²) in [4.78, 5) is 14.2. The van der Waals surface area contributed by atoms with E-state index in [9.17, 15) is 4.79 Å². The van der Waals surface area contributed by atoms with Gasteiger partial charge in [0.25, 0.3) is 5.91 Å². The Bertz CT molecular complexity index is 1230. The molecular formula is C27H29N5O. The summed E-state index contributed by atoms with van der Waals surface area (Å²) in [7, 11) is 0. The van der Waals surface area contributed by atoms with Gasteiger partial charge in [0.2, 0.25) is 0 Å². The van der Waals surface area contributed by atoms with Crippen LogP contribution in [0, 0.1) is 5.92 Å². The number of hydrogen-bond acceptors (Lipinski definition) is 4. The Kier molecular flexibility index (Phi) is 6.19. The van der Waals surface area contributed by atoms with Gasteiger partial charge in [0.05, 0.1) is 11.3 Å². The van der Waals surface area contributed by atoms with Gasteiger partial charge in [-0.15, -0.1) is 0 Å². The molecule has 4 aromatic rings. The van der Waals surface area contributed by atoms with Crippen LogP contribution in [0.5, 0.6) is 0 Å². The molecule has 168 valence electrons. The lowest BCUT2D eigenvalue weighted by atomic mass is 10.1. The Balaban J connectivity index is 1.14. The predicted molar refractivity (Wildman–Crippen MR) is 131 cm³/mol. The van der Waals surface area contributed by atoms with Crippen LogP contribution < -0.4 is 11.1 Å². The third-order valence-electron chi connectivity index (χ3n) is 6.38. The van der Waals surface area contributed by atoms with Crippen LogP contribution in [-0.2, 0) is 13.1 Å². The maximum Gasteiger partial charge on any atom is 0.250 e. The van der Waals surface area contributed by atoms with Crippen molar-refractivity contribution in [3.8, 4) is 5.69 Å². The number of nitrogens with zero attached hydrogens (tertiary/aromatic N) is 3. The van der Waals surface area contributed by atoms with Crippen LogP contribution in [0.4, 0.5) is 0 Å². The van der Waals surface area contributed by atoms with Crippen LogP contribution >= 0.6 is 0 Å². The molecule has 1 aliphatic heterocycles. The summed E-state index contributed by atoms with van der Waals surface area (Å²) >= 11 is 0. The van der Waals surface area contributed by atoms with E-state index >= 15 is 0 Å². The number of rotatable bonds is 8. The summed E-state index contributed by atoms with van der Waals surface area (Å²) in [5, 5.41) is 9.11. The number of carbonyl (C=O) groups excluding carboxylic acids is 1. The van der Waals surface area contributed by atoms with Crippen molar-refractivity contribution in [3.05, 3.63) is 95.7 Å². The molecule has 33 heavy (non-hydrogen) atoms. The standard InChI is InChI=1S/C27H29N5O/c28-27(33)25-8-4-7-23-19-32(30-26(23)25)24-11-9-20(10-12-24)15-29-16-22-13-14-31(18-22)17-21-5-2-1-3-6-21/h1-12,19,22,29H,13-18H2,(H2,28,33). The van der Waals surface area contributed by atoms with Crippen LogP contribution in [0.1, 0.15) is 27.9 Å². The van der Waals surface area contributed by atoms with Gasteiger partial charge in [-0.05, 0) is 54.8 Å². The molecular weight excluding hydrogens is 410 g/mol. The van der Waals surface area contributed by atoms with Gasteiger partial charge in [-0.2, -0.15) is 5.10 Å². The quantitative estimate of drug-likeness (QED) is 0.439. The van der Waals surface area contributed by atoms with Crippen LogP contribution in [-0.4, -0.2) is 40.2 Å². The normalized spacial score (nSPS) is 16.4. The zero-order valence-corrected chi connectivity index (χ0v) is 18.7. The van der Waals surface area contributed by atoms with E-state index in [2.05, 4.69) is 69.9 Å². The first kappa shape index (κ1) is 21.4. The van der Waals surface area contributed by atoms with E-state index < -0.39 is 5.91 Å². The van der Waals surface area contributed by atoms with Crippen LogP contribution in [0.15, 0.2) is 79.0 Å². The smallest absolute Gasteiger partial charge is 0.250 e. The number of likely N-dealkylation sites (tertiary alicyclic amines) is 1. The average molecular weight is 440 g/mol. The molecule has 1 amide bonds. The first-order chi connectivity index (χ1) is 16.2. The van der Waals surface area contributed by atoms with Crippen molar-refractivity contribution >= 4 is 16.8 Å². The number of primary amides is 1. The summed E-state index contributed by atoms with van der Waals surface area (Å²) in [6.45, 7) is 5.25. The predicted octanol–water partition coefficient (Wildman–Crippen LogP) is 3.74. The molecule has 1 atom stereocenters. The van der Waals surface area contributed by atoms with E-state index in [1.165, 1.54) is 24.1 Å². The Morgan fingerprint density at radius 1 is 1.00 bits per heavy atom. The van der Waals surface area contributed by atoms with E-state index in [-0.39, 0.29) is 0 Å². The van der Waals surface area contributed by atoms with Crippen molar-refractivity contribution in [1.82, 2.24) is 20.0 Å². The highest BCUT2D eigenvalue weighted by Gasteiger charge is 2.22. The maximum absolute atomic E-state index is 11.7. The van der Waals surface area contributed by atoms with E-state index in [1.54, 1.807) is 10.7 Å². The molecule has 6 nitrogen and oxygen atoms in total. The van der Waals surface area contributed by atoms with E-state index in [0.717, 1.165) is 37.3 Å². The zero-order chi connectivity index (χ0) is 22.6. The number of amides is 1. The average Bonchev–Trinajstić information content (AvgIpc) is 3.47. The number of nitrogens with two attached hydrogens (primary N) is 1. The summed E-state index contributed by atoms with van der Waals surface area (Å²) in [6.07, 6.45) is 3.18. The highest BCUT2D eigenvalue weighted by atomic mass is 16.1. The van der Waals surface area contributed by atoms with E-state index in [1.807, 2.05) is 18.3 Å². The molecule has 1 aliphatic rings. The fourth-order valence-electron chi connectivity index (χ4n) is 4.63. The molecule has 0 saturated carbocycles. The van der Waals surface area contributed by atoms with Crippen molar-refractivity contribution in [1.29, 1.82) is 0 Å². The highest BCUT2D eigenvalue weighted by Crippen LogP contribution is 2.20. The van der Waals surface area contributed by atoms with Crippen molar-refractivity contribution in [2.24, 2.45) is 11.7 Å². The number of nitrogens with one attached hydrogen (secondary N) is 1. The molecule has 1 fully saturated rings. The van der Waals surface area contributed by atoms with Gasteiger partial charge in [-0.1, -0.05) is 54.6 Å². The fourth-order valence-corrected chi connectivity index (χ4v) is 4.63. The van der Waals surface area contributed by atoms with Gasteiger partial charge in [-0.25, -0.2) is 4.68 Å². The van der Waals surface area contributed by atoms with Gasteiger partial charge >= 0.3 is 0 Å². The molecule has 0 spiro atoms. The molecule has 2 heterocycles. The summed E-state index contributed by atoms with van der Waals surface area (Å²) in [5.41, 5.74) is 10.2. The molecule has 0 aliphatic carbocycles. The van der Waals surface area contributed by atoms with Crippen LogP contribution in [0.25, 0.3) is 16.6 Å². The maximum atomic E-state index is 11.7. The van der Waals surface area contributed by atoms with Gasteiger partial charge in [-0.3, -0.25) is 9.69 Å². The lowest BCUT2D eigenvalue weighted by molar-refractivity contribution is 0.100. The third-order valence-corrected chi connectivity index (χ3v) is 6.38. The SMILES string of the molecule is NC(=O)c1cccc2cn(-c3ccc(CNCC4CCN(Cc5ccccc5)C4)cc3)nc12. The van der Waals surface area contributed by atoms with E-state index in [4.69, 9.17) is 5.73 Å². The fraction of sp³-hybridized carbons (Fsp3) is 0.259. The van der Waals surface area contributed by atoms with Gasteiger partial charge in [0.15, 0.2) is 0 Å². The Morgan fingerprint density at radius 3 is 2.61 bits per heavy atom. The lowest BCUT2D eigenvalue weighted by Crippen LogP contribution is -2.26. The summed E-state index contributed by atoms with van der Waals surface area (Å²) in [5.74, 6) is 0.238. The zero-order valence-electron chi connectivity index (χ0n) is 18.7. The Labute approximate surface area is 194 Å². The molecule has 0 radical (unpaired) electrons. The molecule has 0 bridgehead atoms. The lowest BCUT2D eigenvalue weighted by Gasteiger charge is -2.16. The Morgan fingerprint density at radius 2 is 1.82 bits per heavy atom. The number of fused-ring (bicyclic) bond motifs is 1. The van der Waals surface area contributed by atoms with E-state index in [0.29, 0.717) is 17.0 Å². The highest BCUT2D eigenvalue weighted by molar-refractivity contribution is 6.04. The summed E-state index contributed by atoms with van der Waals surface area (Å²) in [6, 6.07) is 24.6. The van der Waals surface area contributed by atoms with Crippen molar-refractivity contribution in [2.75, 3.05) is 19.6 Å². The second-order valence-corrected chi connectivity index (χ2v) is 8.85. The number of hydrogen-bond donors (Lipinski definition) is 2. The minimum absolute atomic E-state index is 0.446. The largest absolute Gasteiger partial charge is 0.366 e. The molecule has 3 N–H and O–H groups in total. The molecule has 1 unspecified atom stereocenters.